The van der Waals surface area contributed by atoms with Crippen LogP contribution in [-0.4, -0.2) is 67.9 Å². The highest BCUT2D eigenvalue weighted by Crippen LogP contribution is 2.35. The number of hydrogen-bond donors (Lipinski definition) is 1. The molecule has 0 radical (unpaired) electrons. The Balaban J connectivity index is 0.00000341. The zero-order valence-electron chi connectivity index (χ0n) is 17.9. The average Bonchev–Trinajstić information content (AvgIpc) is 2.77. The first-order valence-electron chi connectivity index (χ1n) is 10.3. The smallest absolute Gasteiger partial charge is 0.381 e. The van der Waals surface area contributed by atoms with Crippen LogP contribution in [0.1, 0.15) is 37.0 Å². The van der Waals surface area contributed by atoms with Crippen LogP contribution < -0.4 is 5.32 Å². The number of guanidine groups is 1. The fourth-order valence-electron chi connectivity index (χ4n) is 3.77. The van der Waals surface area contributed by atoms with E-state index < -0.39 is 17.8 Å². The molecule has 5 nitrogen and oxygen atoms in total. The molecule has 0 aliphatic carbocycles. The van der Waals surface area contributed by atoms with E-state index in [0.717, 1.165) is 44.6 Å². The lowest BCUT2D eigenvalue weighted by atomic mass is 9.99. The quantitative estimate of drug-likeness (QED) is 0.318. The molecule has 1 unspecified atom stereocenters. The summed E-state index contributed by atoms with van der Waals surface area (Å²) in [6, 6.07) is 5.40. The maximum absolute atomic E-state index is 13.1. The van der Waals surface area contributed by atoms with E-state index in [1.165, 1.54) is 12.1 Å². The first-order chi connectivity index (χ1) is 14.4. The van der Waals surface area contributed by atoms with Crippen LogP contribution >= 0.6 is 35.7 Å². The number of hydrogen-bond acceptors (Lipinski definition) is 4. The summed E-state index contributed by atoms with van der Waals surface area (Å²) in [6.07, 6.45) is -0.745. The number of nitrogens with zero attached hydrogens (tertiary/aromatic N) is 2. The molecular formula is C21H31F3IN3O2S. The van der Waals surface area contributed by atoms with Gasteiger partial charge in [0.2, 0.25) is 0 Å². The third kappa shape index (κ3) is 7.13. The molecule has 0 amide bonds. The van der Waals surface area contributed by atoms with Crippen LogP contribution in [0.15, 0.2) is 29.3 Å². The van der Waals surface area contributed by atoms with Gasteiger partial charge in [-0.1, -0.05) is 12.1 Å². The van der Waals surface area contributed by atoms with E-state index in [-0.39, 0.29) is 28.7 Å². The Hall–Kier alpha value is -0.720. The molecule has 3 rings (SSSR count). The Morgan fingerprint density at radius 3 is 2.68 bits per heavy atom. The number of aliphatic imine (C=N–C) groups is 1. The molecule has 0 aromatic heterocycles. The highest BCUT2D eigenvalue weighted by Gasteiger charge is 2.34. The van der Waals surface area contributed by atoms with Gasteiger partial charge in [-0.25, -0.2) is 0 Å². The Morgan fingerprint density at radius 2 is 2.03 bits per heavy atom. The zero-order chi connectivity index (χ0) is 21.6. The molecular weight excluding hydrogens is 542 g/mol. The molecule has 2 aliphatic heterocycles. The minimum Gasteiger partial charge on any atom is -0.381 e. The Morgan fingerprint density at radius 1 is 1.29 bits per heavy atom. The lowest BCUT2D eigenvalue weighted by Crippen LogP contribution is -2.49. The normalized spacial score (nSPS) is 22.0. The minimum atomic E-state index is -4.36. The third-order valence-electron chi connectivity index (χ3n) is 5.64. The molecule has 2 saturated heterocycles. The lowest BCUT2D eigenvalue weighted by Gasteiger charge is -2.37. The molecule has 2 fully saturated rings. The molecule has 0 bridgehead atoms. The van der Waals surface area contributed by atoms with Gasteiger partial charge in [0.25, 0.3) is 0 Å². The maximum Gasteiger partial charge on any atom is 0.416 e. The SMILES string of the molecule is CCNC(=NCC1(SC)CCOCC1)N1CCOC(c2cccc(C(F)(F)F)c2)C1.I. The van der Waals surface area contributed by atoms with E-state index in [1.807, 2.05) is 18.7 Å². The van der Waals surface area contributed by atoms with Crippen LogP contribution in [0.4, 0.5) is 13.2 Å². The monoisotopic (exact) mass is 573 g/mol. The molecule has 2 heterocycles. The average molecular weight is 573 g/mol. The Kier molecular flexibility index (Phi) is 10.2. The molecule has 1 N–H and O–H groups in total. The Labute approximate surface area is 203 Å². The van der Waals surface area contributed by atoms with Crippen molar-refractivity contribution in [2.45, 2.75) is 36.8 Å². The molecule has 1 atom stereocenters. The standard InChI is InChI=1S/C21H30F3N3O2S.HI/c1-3-25-19(26-15-20(30-2)7-10-28-11-8-20)27-9-12-29-18(14-27)16-5-4-6-17(13-16)21(22,23)24;/h4-6,13,18H,3,7-12,14-15H2,1-2H3,(H,25,26);1H. The fraction of sp³-hybridized carbons (Fsp3) is 0.667. The van der Waals surface area contributed by atoms with Crippen LogP contribution in [0.2, 0.25) is 0 Å². The van der Waals surface area contributed by atoms with Crippen molar-refractivity contribution in [2.75, 3.05) is 52.3 Å². The number of halogens is 4. The van der Waals surface area contributed by atoms with Gasteiger partial charge in [-0.15, -0.1) is 24.0 Å². The Bertz CT molecular complexity index is 730. The summed E-state index contributed by atoms with van der Waals surface area (Å²) in [4.78, 5) is 7.00. The van der Waals surface area contributed by atoms with Crippen molar-refractivity contribution in [1.82, 2.24) is 10.2 Å². The molecule has 0 spiro atoms. The van der Waals surface area contributed by atoms with Crippen molar-refractivity contribution in [2.24, 2.45) is 4.99 Å². The van der Waals surface area contributed by atoms with Crippen molar-refractivity contribution >= 4 is 41.7 Å². The number of morpholine rings is 1. The molecule has 1 aromatic carbocycles. The third-order valence-corrected chi connectivity index (χ3v) is 7.04. The fourth-order valence-corrected chi connectivity index (χ4v) is 4.54. The highest BCUT2D eigenvalue weighted by atomic mass is 127. The molecule has 1 aromatic rings. The predicted octanol–water partition coefficient (Wildman–Crippen LogP) is 4.57. The van der Waals surface area contributed by atoms with Crippen molar-refractivity contribution < 1.29 is 22.6 Å². The van der Waals surface area contributed by atoms with Gasteiger partial charge in [-0.05, 0) is 43.7 Å². The van der Waals surface area contributed by atoms with E-state index >= 15 is 0 Å². The van der Waals surface area contributed by atoms with Gasteiger partial charge >= 0.3 is 6.18 Å². The van der Waals surface area contributed by atoms with Gasteiger partial charge in [0.1, 0.15) is 6.10 Å². The number of benzene rings is 1. The first-order valence-corrected chi connectivity index (χ1v) is 11.5. The van der Waals surface area contributed by atoms with Crippen LogP contribution in [0, 0.1) is 0 Å². The molecule has 31 heavy (non-hydrogen) atoms. The number of nitrogens with one attached hydrogen (secondary N) is 1. The van der Waals surface area contributed by atoms with E-state index in [0.29, 0.717) is 31.8 Å². The molecule has 176 valence electrons. The van der Waals surface area contributed by atoms with E-state index in [4.69, 9.17) is 14.5 Å². The largest absolute Gasteiger partial charge is 0.416 e. The van der Waals surface area contributed by atoms with Gasteiger partial charge in [-0.2, -0.15) is 24.9 Å². The molecule has 2 aliphatic rings. The summed E-state index contributed by atoms with van der Waals surface area (Å²) in [5.74, 6) is 0.790. The summed E-state index contributed by atoms with van der Waals surface area (Å²) in [6.45, 7) is 6.47. The number of thioether (sulfide) groups is 1. The topological polar surface area (TPSA) is 46.1 Å². The molecule has 10 heteroatoms. The number of rotatable bonds is 5. The van der Waals surface area contributed by atoms with Crippen molar-refractivity contribution in [3.63, 3.8) is 0 Å². The van der Waals surface area contributed by atoms with Crippen LogP contribution in [-0.2, 0) is 15.7 Å². The zero-order valence-corrected chi connectivity index (χ0v) is 21.1. The van der Waals surface area contributed by atoms with Crippen molar-refractivity contribution in [1.29, 1.82) is 0 Å². The van der Waals surface area contributed by atoms with E-state index in [1.54, 1.807) is 6.07 Å². The maximum atomic E-state index is 13.1. The summed E-state index contributed by atoms with van der Waals surface area (Å²) in [5.41, 5.74) is -0.113. The second-order valence-electron chi connectivity index (χ2n) is 7.60. The lowest BCUT2D eigenvalue weighted by molar-refractivity contribution is -0.137. The van der Waals surface area contributed by atoms with Crippen molar-refractivity contribution in [3.8, 4) is 0 Å². The number of alkyl halides is 3. The molecule has 0 saturated carbocycles. The summed E-state index contributed by atoms with van der Waals surface area (Å²) in [5, 5.41) is 3.34. The second kappa shape index (κ2) is 11.9. The van der Waals surface area contributed by atoms with E-state index in [9.17, 15) is 13.2 Å². The van der Waals surface area contributed by atoms with Gasteiger partial charge in [0.15, 0.2) is 5.96 Å². The highest BCUT2D eigenvalue weighted by molar-refractivity contribution is 14.0. The van der Waals surface area contributed by atoms with Gasteiger partial charge in [0, 0.05) is 31.1 Å². The summed E-state index contributed by atoms with van der Waals surface area (Å²) < 4.78 is 50.7. The van der Waals surface area contributed by atoms with Crippen LogP contribution in [0.25, 0.3) is 0 Å². The summed E-state index contributed by atoms with van der Waals surface area (Å²) in [7, 11) is 0. The van der Waals surface area contributed by atoms with Crippen LogP contribution in [0.3, 0.4) is 0 Å². The summed E-state index contributed by atoms with van der Waals surface area (Å²) >= 11 is 1.84. The first kappa shape index (κ1) is 26.5. The minimum absolute atomic E-state index is 0. The van der Waals surface area contributed by atoms with Crippen molar-refractivity contribution in [3.05, 3.63) is 35.4 Å². The van der Waals surface area contributed by atoms with Crippen LogP contribution in [0.5, 0.6) is 0 Å². The van der Waals surface area contributed by atoms with E-state index in [2.05, 4.69) is 16.5 Å². The van der Waals surface area contributed by atoms with Gasteiger partial charge in [0.05, 0.1) is 25.3 Å². The van der Waals surface area contributed by atoms with Gasteiger partial charge in [-0.3, -0.25) is 4.99 Å². The second-order valence-corrected chi connectivity index (χ2v) is 8.87. The number of ether oxygens (including phenoxy) is 2. The predicted molar refractivity (Wildman–Crippen MR) is 129 cm³/mol. The van der Waals surface area contributed by atoms with Gasteiger partial charge < -0.3 is 19.7 Å².